The van der Waals surface area contributed by atoms with E-state index in [2.05, 4.69) is 0 Å². The number of rotatable bonds is 0. The van der Waals surface area contributed by atoms with Crippen LogP contribution in [0.25, 0.3) is 0 Å². The van der Waals surface area contributed by atoms with E-state index in [-0.39, 0.29) is 4.87 Å². The molecule has 10 heavy (non-hydrogen) atoms. The standard InChI is InChI=1S/C8H11ClO/c1-6-3-7(10)5-8(2,9)4-6/h3-4,10H,5H2,1-2H3. The van der Waals surface area contributed by atoms with Crippen molar-refractivity contribution in [2.45, 2.75) is 25.1 Å². The zero-order valence-corrected chi connectivity index (χ0v) is 6.94. The fourth-order valence-corrected chi connectivity index (χ4v) is 1.54. The van der Waals surface area contributed by atoms with E-state index < -0.39 is 0 Å². The molecule has 56 valence electrons. The molecule has 1 N–H and O–H groups in total. The summed E-state index contributed by atoms with van der Waals surface area (Å²) in [5.41, 5.74) is 1.03. The minimum absolute atomic E-state index is 0.373. The Kier molecular flexibility index (Phi) is 1.78. The molecule has 0 bridgehead atoms. The molecule has 0 radical (unpaired) electrons. The van der Waals surface area contributed by atoms with Gasteiger partial charge in [-0.25, -0.2) is 0 Å². The molecular formula is C8H11ClO. The fourth-order valence-electron chi connectivity index (χ4n) is 1.24. The van der Waals surface area contributed by atoms with Crippen LogP contribution in [0.2, 0.25) is 0 Å². The highest BCUT2D eigenvalue weighted by atomic mass is 35.5. The smallest absolute Gasteiger partial charge is 0.0945 e. The van der Waals surface area contributed by atoms with Crippen LogP contribution in [-0.2, 0) is 0 Å². The van der Waals surface area contributed by atoms with Gasteiger partial charge in [-0.1, -0.05) is 11.6 Å². The van der Waals surface area contributed by atoms with Crippen molar-refractivity contribution >= 4 is 11.6 Å². The molecule has 0 spiro atoms. The van der Waals surface area contributed by atoms with Gasteiger partial charge in [-0.05, 0) is 19.9 Å². The second kappa shape index (κ2) is 2.31. The minimum atomic E-state index is -0.386. The minimum Gasteiger partial charge on any atom is -0.512 e. The summed E-state index contributed by atoms with van der Waals surface area (Å²) in [4.78, 5) is -0.386. The Morgan fingerprint density at radius 2 is 2.30 bits per heavy atom. The number of aliphatic hydroxyl groups excluding tert-OH is 1. The molecule has 0 aromatic carbocycles. The van der Waals surface area contributed by atoms with E-state index in [0.29, 0.717) is 12.2 Å². The molecule has 1 aliphatic carbocycles. The van der Waals surface area contributed by atoms with Crippen LogP contribution in [0.4, 0.5) is 0 Å². The Morgan fingerprint density at radius 1 is 1.70 bits per heavy atom. The lowest BCUT2D eigenvalue weighted by molar-refractivity contribution is 0.374. The van der Waals surface area contributed by atoms with Gasteiger partial charge >= 0.3 is 0 Å². The third kappa shape index (κ3) is 1.77. The second-order valence-corrected chi connectivity index (χ2v) is 3.84. The van der Waals surface area contributed by atoms with E-state index in [1.807, 2.05) is 19.9 Å². The normalized spacial score (nSPS) is 33.1. The van der Waals surface area contributed by atoms with E-state index in [9.17, 15) is 0 Å². The van der Waals surface area contributed by atoms with Crippen molar-refractivity contribution < 1.29 is 5.11 Å². The SMILES string of the molecule is CC1=CC(C)(Cl)CC(O)=C1. The van der Waals surface area contributed by atoms with Gasteiger partial charge in [0.2, 0.25) is 0 Å². The zero-order chi connectivity index (χ0) is 7.78. The molecule has 1 unspecified atom stereocenters. The van der Waals surface area contributed by atoms with Crippen molar-refractivity contribution in [1.29, 1.82) is 0 Å². The monoisotopic (exact) mass is 158 g/mol. The van der Waals surface area contributed by atoms with E-state index in [0.717, 1.165) is 5.57 Å². The number of halogens is 1. The summed E-state index contributed by atoms with van der Waals surface area (Å²) in [6.45, 7) is 3.82. The maximum Gasteiger partial charge on any atom is 0.0945 e. The van der Waals surface area contributed by atoms with Gasteiger partial charge in [0.25, 0.3) is 0 Å². The van der Waals surface area contributed by atoms with Gasteiger partial charge in [0.1, 0.15) is 0 Å². The highest BCUT2D eigenvalue weighted by Crippen LogP contribution is 2.30. The Bertz CT molecular complexity index is 201. The molecular weight excluding hydrogens is 148 g/mol. The summed E-state index contributed by atoms with van der Waals surface area (Å²) < 4.78 is 0. The van der Waals surface area contributed by atoms with Crippen molar-refractivity contribution in [2.75, 3.05) is 0 Å². The Labute approximate surface area is 66.0 Å². The first-order valence-corrected chi connectivity index (χ1v) is 3.65. The second-order valence-electron chi connectivity index (χ2n) is 2.98. The molecule has 0 amide bonds. The van der Waals surface area contributed by atoms with E-state index >= 15 is 0 Å². The summed E-state index contributed by atoms with van der Waals surface area (Å²) >= 11 is 5.98. The Hall–Kier alpha value is -0.430. The lowest BCUT2D eigenvalue weighted by atomic mass is 9.96. The van der Waals surface area contributed by atoms with Gasteiger partial charge in [-0.15, -0.1) is 11.6 Å². The largest absolute Gasteiger partial charge is 0.512 e. The average molecular weight is 159 g/mol. The lowest BCUT2D eigenvalue weighted by Gasteiger charge is -2.21. The van der Waals surface area contributed by atoms with Gasteiger partial charge in [0.15, 0.2) is 0 Å². The Balaban J connectivity index is 2.88. The van der Waals surface area contributed by atoms with Crippen molar-refractivity contribution in [3.63, 3.8) is 0 Å². The quantitative estimate of drug-likeness (QED) is 0.538. The Morgan fingerprint density at radius 3 is 2.70 bits per heavy atom. The van der Waals surface area contributed by atoms with E-state index in [4.69, 9.17) is 16.7 Å². The van der Waals surface area contributed by atoms with Crippen molar-refractivity contribution in [1.82, 2.24) is 0 Å². The van der Waals surface area contributed by atoms with Crippen LogP contribution in [0, 0.1) is 0 Å². The summed E-state index contributed by atoms with van der Waals surface area (Å²) in [7, 11) is 0. The molecule has 0 saturated carbocycles. The first-order valence-electron chi connectivity index (χ1n) is 3.27. The number of alkyl halides is 1. The molecule has 0 aliphatic heterocycles. The van der Waals surface area contributed by atoms with Crippen molar-refractivity contribution in [2.24, 2.45) is 0 Å². The summed E-state index contributed by atoms with van der Waals surface area (Å²) in [6.07, 6.45) is 4.23. The maximum absolute atomic E-state index is 9.15. The first kappa shape index (κ1) is 7.67. The van der Waals surface area contributed by atoms with Crippen LogP contribution in [0.15, 0.2) is 23.5 Å². The third-order valence-electron chi connectivity index (χ3n) is 1.45. The van der Waals surface area contributed by atoms with Gasteiger partial charge in [0.05, 0.1) is 10.6 Å². The van der Waals surface area contributed by atoms with Gasteiger partial charge in [-0.2, -0.15) is 0 Å². The number of hydrogen-bond donors (Lipinski definition) is 1. The number of allylic oxidation sites excluding steroid dienone is 4. The zero-order valence-electron chi connectivity index (χ0n) is 6.19. The van der Waals surface area contributed by atoms with Gasteiger partial charge in [-0.3, -0.25) is 0 Å². The molecule has 0 fully saturated rings. The summed E-state index contributed by atoms with van der Waals surface area (Å²) in [6, 6.07) is 0. The van der Waals surface area contributed by atoms with Crippen molar-refractivity contribution in [3.05, 3.63) is 23.5 Å². The highest BCUT2D eigenvalue weighted by molar-refractivity contribution is 6.25. The molecule has 0 heterocycles. The summed E-state index contributed by atoms with van der Waals surface area (Å²) in [5.74, 6) is 0.373. The topological polar surface area (TPSA) is 20.2 Å². The van der Waals surface area contributed by atoms with Crippen LogP contribution in [-0.4, -0.2) is 9.98 Å². The molecule has 1 rings (SSSR count). The average Bonchev–Trinajstić information content (AvgIpc) is 1.54. The molecule has 1 atom stereocenters. The van der Waals surface area contributed by atoms with E-state index in [1.165, 1.54) is 0 Å². The first-order chi connectivity index (χ1) is 4.49. The van der Waals surface area contributed by atoms with Crippen LogP contribution >= 0.6 is 11.6 Å². The molecule has 2 heteroatoms. The van der Waals surface area contributed by atoms with Crippen LogP contribution in [0.3, 0.4) is 0 Å². The van der Waals surface area contributed by atoms with Crippen LogP contribution in [0.5, 0.6) is 0 Å². The van der Waals surface area contributed by atoms with Crippen molar-refractivity contribution in [3.8, 4) is 0 Å². The van der Waals surface area contributed by atoms with Gasteiger partial charge < -0.3 is 5.11 Å². The van der Waals surface area contributed by atoms with Crippen LogP contribution < -0.4 is 0 Å². The molecule has 1 aliphatic rings. The third-order valence-corrected chi connectivity index (χ3v) is 1.69. The predicted molar refractivity (Wildman–Crippen MR) is 43.3 cm³/mol. The van der Waals surface area contributed by atoms with Gasteiger partial charge in [0, 0.05) is 6.42 Å². The maximum atomic E-state index is 9.15. The number of aliphatic hydroxyl groups is 1. The fraction of sp³-hybridized carbons (Fsp3) is 0.500. The molecule has 0 aromatic rings. The lowest BCUT2D eigenvalue weighted by Crippen LogP contribution is -2.17. The number of hydrogen-bond acceptors (Lipinski definition) is 1. The van der Waals surface area contributed by atoms with E-state index in [1.54, 1.807) is 6.08 Å². The highest BCUT2D eigenvalue weighted by Gasteiger charge is 2.22. The molecule has 0 aromatic heterocycles. The summed E-state index contributed by atoms with van der Waals surface area (Å²) in [5, 5.41) is 9.15. The molecule has 1 nitrogen and oxygen atoms in total. The molecule has 0 saturated heterocycles. The predicted octanol–water partition coefficient (Wildman–Crippen LogP) is 2.78. The van der Waals surface area contributed by atoms with Crippen LogP contribution in [0.1, 0.15) is 20.3 Å².